The molecule has 0 aromatic carbocycles. The Labute approximate surface area is 151 Å². The van der Waals surface area contributed by atoms with Gasteiger partial charge in [0.2, 0.25) is 0 Å². The van der Waals surface area contributed by atoms with Gasteiger partial charge in [0.05, 0.1) is 0 Å². The summed E-state index contributed by atoms with van der Waals surface area (Å²) in [6, 6.07) is 5.35. The molecule has 0 aliphatic carbocycles. The van der Waals surface area contributed by atoms with Gasteiger partial charge in [0.25, 0.3) is 0 Å². The van der Waals surface area contributed by atoms with E-state index in [9.17, 15) is 0 Å². The quantitative estimate of drug-likeness (QED) is 0.805. The van der Waals surface area contributed by atoms with E-state index >= 15 is 0 Å². The number of anilines is 1. The fourth-order valence-corrected chi connectivity index (χ4v) is 4.20. The molecule has 0 radical (unpaired) electrons. The minimum atomic E-state index is 0.367. The largest absolute Gasteiger partial charge is 0.348 e. The fourth-order valence-electron chi connectivity index (χ4n) is 3.79. The zero-order valence-corrected chi connectivity index (χ0v) is 15.6. The predicted molar refractivity (Wildman–Crippen MR) is 98.0 cm³/mol. The van der Waals surface area contributed by atoms with Gasteiger partial charge >= 0.3 is 0 Å². The second-order valence-corrected chi connectivity index (χ2v) is 8.00. The van der Waals surface area contributed by atoms with E-state index in [1.54, 1.807) is 0 Å². The molecule has 2 bridgehead atoms. The first-order valence-electron chi connectivity index (χ1n) is 8.53. The number of fused-ring (bicyclic) bond motifs is 2. The molecule has 2 unspecified atom stereocenters. The Balaban J connectivity index is 1.44. The van der Waals surface area contributed by atoms with Gasteiger partial charge in [0.1, 0.15) is 11.6 Å². The summed E-state index contributed by atoms with van der Waals surface area (Å²) in [4.78, 5) is 18.5. The average molecular weight is 388 g/mol. The lowest BCUT2D eigenvalue weighted by molar-refractivity contribution is 0.107. The van der Waals surface area contributed by atoms with Gasteiger partial charge in [-0.2, -0.15) is 0 Å². The van der Waals surface area contributed by atoms with E-state index in [1.807, 2.05) is 18.6 Å². The minimum Gasteiger partial charge on any atom is -0.348 e. The van der Waals surface area contributed by atoms with E-state index in [2.05, 4.69) is 61.7 Å². The van der Waals surface area contributed by atoms with Gasteiger partial charge in [0, 0.05) is 60.7 Å². The maximum Gasteiger partial charge on any atom is 0.133 e. The molecule has 6 heteroatoms. The molecular formula is C18H22BrN5. The van der Waals surface area contributed by atoms with Crippen molar-refractivity contribution in [3.8, 4) is 0 Å². The van der Waals surface area contributed by atoms with Crippen LogP contribution in [0.4, 0.5) is 5.82 Å². The smallest absolute Gasteiger partial charge is 0.133 e. The van der Waals surface area contributed by atoms with Crippen LogP contribution in [0.25, 0.3) is 0 Å². The highest BCUT2D eigenvalue weighted by atomic mass is 79.9. The number of rotatable bonds is 4. The van der Waals surface area contributed by atoms with Crippen LogP contribution in [-0.2, 0) is 6.54 Å². The SMILES string of the molecule is CC(C)c1nccc(N2C3CC2CN(Cc2cncc(Br)c2)C3)n1. The van der Waals surface area contributed by atoms with Crippen molar-refractivity contribution in [1.82, 2.24) is 19.9 Å². The Morgan fingerprint density at radius 2 is 2.04 bits per heavy atom. The summed E-state index contributed by atoms with van der Waals surface area (Å²) in [6.07, 6.45) is 6.97. The van der Waals surface area contributed by atoms with Gasteiger partial charge in [-0.3, -0.25) is 9.88 Å². The van der Waals surface area contributed by atoms with Crippen molar-refractivity contribution in [2.24, 2.45) is 0 Å². The zero-order chi connectivity index (χ0) is 16.7. The van der Waals surface area contributed by atoms with E-state index in [0.29, 0.717) is 18.0 Å². The zero-order valence-electron chi connectivity index (χ0n) is 14.1. The molecule has 0 saturated carbocycles. The van der Waals surface area contributed by atoms with Crippen LogP contribution in [0.15, 0.2) is 35.2 Å². The first kappa shape index (κ1) is 16.0. The standard InChI is InChI=1S/C18H22BrN5/c1-12(2)18-21-4-3-17(22-18)24-15-6-16(24)11-23(10-15)9-13-5-14(19)8-20-7-13/h3-5,7-8,12,15-16H,6,9-11H2,1-2H3. The number of aromatic nitrogens is 3. The first-order chi connectivity index (χ1) is 11.6. The predicted octanol–water partition coefficient (Wildman–Crippen LogP) is 3.22. The molecule has 3 aliphatic heterocycles. The third-order valence-corrected chi connectivity index (χ3v) is 5.31. The summed E-state index contributed by atoms with van der Waals surface area (Å²) in [5.41, 5.74) is 1.27. The topological polar surface area (TPSA) is 45.2 Å². The van der Waals surface area contributed by atoms with Crippen molar-refractivity contribution in [1.29, 1.82) is 0 Å². The number of hydrogen-bond acceptors (Lipinski definition) is 5. The summed E-state index contributed by atoms with van der Waals surface area (Å²) in [5, 5.41) is 0. The van der Waals surface area contributed by atoms with Crippen LogP contribution >= 0.6 is 15.9 Å². The first-order valence-corrected chi connectivity index (χ1v) is 9.32. The van der Waals surface area contributed by atoms with Gasteiger partial charge in [-0.15, -0.1) is 0 Å². The summed E-state index contributed by atoms with van der Waals surface area (Å²) >= 11 is 3.50. The summed E-state index contributed by atoms with van der Waals surface area (Å²) < 4.78 is 1.05. The average Bonchev–Trinajstić information content (AvgIpc) is 2.55. The van der Waals surface area contributed by atoms with Crippen molar-refractivity contribution < 1.29 is 0 Å². The molecule has 2 atom stereocenters. The Bertz CT molecular complexity index is 723. The second kappa shape index (κ2) is 6.41. The maximum absolute atomic E-state index is 4.78. The van der Waals surface area contributed by atoms with Gasteiger partial charge in [-0.1, -0.05) is 13.8 Å². The molecule has 3 aliphatic rings. The van der Waals surface area contributed by atoms with Crippen molar-refractivity contribution in [3.05, 3.63) is 46.6 Å². The molecule has 126 valence electrons. The molecule has 3 saturated heterocycles. The molecule has 24 heavy (non-hydrogen) atoms. The normalized spacial score (nSPS) is 23.4. The highest BCUT2D eigenvalue weighted by molar-refractivity contribution is 9.10. The molecule has 0 amide bonds. The minimum absolute atomic E-state index is 0.367. The van der Waals surface area contributed by atoms with Crippen LogP contribution in [0.2, 0.25) is 0 Å². The Hall–Kier alpha value is -1.53. The van der Waals surface area contributed by atoms with E-state index in [4.69, 9.17) is 4.98 Å². The Kier molecular flexibility index (Phi) is 4.26. The van der Waals surface area contributed by atoms with Gasteiger partial charge in [0.15, 0.2) is 0 Å². The third kappa shape index (κ3) is 3.05. The van der Waals surface area contributed by atoms with Gasteiger partial charge < -0.3 is 4.90 Å². The molecule has 0 N–H and O–H groups in total. The van der Waals surface area contributed by atoms with E-state index in [0.717, 1.165) is 35.7 Å². The highest BCUT2D eigenvalue weighted by Crippen LogP contribution is 2.36. The molecule has 2 aromatic heterocycles. The van der Waals surface area contributed by atoms with E-state index in [1.165, 1.54) is 12.0 Å². The summed E-state index contributed by atoms with van der Waals surface area (Å²) in [5.74, 6) is 2.40. The highest BCUT2D eigenvalue weighted by Gasteiger charge is 2.45. The summed E-state index contributed by atoms with van der Waals surface area (Å²) in [7, 11) is 0. The van der Waals surface area contributed by atoms with Gasteiger partial charge in [-0.05, 0) is 40.0 Å². The van der Waals surface area contributed by atoms with Crippen LogP contribution in [-0.4, -0.2) is 45.0 Å². The van der Waals surface area contributed by atoms with Crippen molar-refractivity contribution in [2.45, 2.75) is 44.8 Å². The molecule has 5 nitrogen and oxygen atoms in total. The van der Waals surface area contributed by atoms with Crippen LogP contribution in [0, 0.1) is 0 Å². The Morgan fingerprint density at radius 3 is 2.75 bits per heavy atom. The van der Waals surface area contributed by atoms with Crippen LogP contribution in [0.5, 0.6) is 0 Å². The van der Waals surface area contributed by atoms with Gasteiger partial charge in [-0.25, -0.2) is 9.97 Å². The monoisotopic (exact) mass is 387 g/mol. The van der Waals surface area contributed by atoms with Crippen molar-refractivity contribution >= 4 is 21.7 Å². The van der Waals surface area contributed by atoms with E-state index in [-0.39, 0.29) is 0 Å². The third-order valence-electron chi connectivity index (χ3n) is 4.88. The number of piperazine rings is 1. The van der Waals surface area contributed by atoms with Crippen LogP contribution in [0.1, 0.15) is 37.6 Å². The maximum atomic E-state index is 4.78. The van der Waals surface area contributed by atoms with Crippen LogP contribution in [0.3, 0.4) is 0 Å². The molecule has 0 spiro atoms. The second-order valence-electron chi connectivity index (χ2n) is 7.08. The number of piperidine rings is 1. The van der Waals surface area contributed by atoms with Crippen molar-refractivity contribution in [2.75, 3.05) is 18.0 Å². The summed E-state index contributed by atoms with van der Waals surface area (Å²) in [6.45, 7) is 7.43. The fraction of sp³-hybridized carbons (Fsp3) is 0.500. The number of halogens is 1. The number of nitrogens with zero attached hydrogens (tertiary/aromatic N) is 5. The van der Waals surface area contributed by atoms with E-state index < -0.39 is 0 Å². The molecule has 5 rings (SSSR count). The molecular weight excluding hydrogens is 366 g/mol. The lowest BCUT2D eigenvalue weighted by Gasteiger charge is -2.57. The van der Waals surface area contributed by atoms with Crippen molar-refractivity contribution in [3.63, 3.8) is 0 Å². The number of pyridine rings is 1. The number of hydrogen-bond donors (Lipinski definition) is 0. The Morgan fingerprint density at radius 1 is 1.25 bits per heavy atom. The lowest BCUT2D eigenvalue weighted by Crippen LogP contribution is -2.69. The molecule has 2 aromatic rings. The molecule has 3 fully saturated rings. The van der Waals surface area contributed by atoms with Crippen LogP contribution < -0.4 is 4.90 Å². The lowest BCUT2D eigenvalue weighted by atomic mass is 9.87. The molecule has 5 heterocycles.